The van der Waals surface area contributed by atoms with Gasteiger partial charge in [-0.2, -0.15) is 0 Å². The topological polar surface area (TPSA) is 86.5 Å². The van der Waals surface area contributed by atoms with Crippen LogP contribution >= 0.6 is 0 Å². The third-order valence-corrected chi connectivity index (χ3v) is 2.53. The molecule has 0 saturated carbocycles. The zero-order chi connectivity index (χ0) is 17.1. The van der Waals surface area contributed by atoms with Crippen LogP contribution in [-0.4, -0.2) is 22.3 Å². The fourth-order valence-corrected chi connectivity index (χ4v) is 1.56. The lowest BCUT2D eigenvalue weighted by Gasteiger charge is -2.19. The first-order valence-electron chi connectivity index (χ1n) is 6.29. The summed E-state index contributed by atoms with van der Waals surface area (Å²) in [4.78, 5) is 34.2. The second-order valence-corrected chi connectivity index (χ2v) is 5.44. The van der Waals surface area contributed by atoms with E-state index >= 15 is 0 Å². The number of benzene rings is 1. The van der Waals surface area contributed by atoms with Crippen LogP contribution in [0, 0.1) is 22.5 Å². The SMILES string of the molecule is C#Cc1cc([N+](=O)[O-])ccc1C(=O)C(=C)C(=O)OC(C)(C)C. The number of non-ortho nitro benzene ring substituents is 1. The van der Waals surface area contributed by atoms with Crippen LogP contribution < -0.4 is 0 Å². The Kier molecular flexibility index (Phi) is 4.84. The Morgan fingerprint density at radius 1 is 1.36 bits per heavy atom. The Labute approximate surface area is 127 Å². The number of Topliss-reactive ketones (excluding diaryl/α,β-unsaturated/α-hetero) is 1. The number of hydrogen-bond acceptors (Lipinski definition) is 5. The highest BCUT2D eigenvalue weighted by atomic mass is 16.6. The molecule has 0 amide bonds. The number of nitro benzene ring substituents is 1. The molecular weight excluding hydrogens is 286 g/mol. The predicted octanol–water partition coefficient (Wildman–Crippen LogP) is 2.66. The predicted molar refractivity (Wildman–Crippen MR) is 80.3 cm³/mol. The molecule has 1 aromatic rings. The summed E-state index contributed by atoms with van der Waals surface area (Å²) >= 11 is 0. The molecule has 0 N–H and O–H groups in total. The molecule has 0 aromatic heterocycles. The van der Waals surface area contributed by atoms with Crippen LogP contribution in [0.2, 0.25) is 0 Å². The lowest BCUT2D eigenvalue weighted by Crippen LogP contribution is -2.27. The van der Waals surface area contributed by atoms with Gasteiger partial charge >= 0.3 is 5.97 Å². The van der Waals surface area contributed by atoms with E-state index in [9.17, 15) is 19.7 Å². The van der Waals surface area contributed by atoms with Gasteiger partial charge < -0.3 is 4.74 Å². The van der Waals surface area contributed by atoms with Crippen LogP contribution in [0.4, 0.5) is 5.69 Å². The van der Waals surface area contributed by atoms with Crippen LogP contribution in [0.25, 0.3) is 0 Å². The summed E-state index contributed by atoms with van der Waals surface area (Å²) in [5, 5.41) is 10.7. The number of rotatable bonds is 4. The number of carbonyl (C=O) groups is 2. The van der Waals surface area contributed by atoms with Crippen molar-refractivity contribution in [2.75, 3.05) is 0 Å². The minimum absolute atomic E-state index is 0.0102. The summed E-state index contributed by atoms with van der Waals surface area (Å²) in [5.41, 5.74) is -1.40. The van der Waals surface area contributed by atoms with E-state index in [1.54, 1.807) is 20.8 Å². The second kappa shape index (κ2) is 6.22. The summed E-state index contributed by atoms with van der Waals surface area (Å²) < 4.78 is 5.06. The van der Waals surface area contributed by atoms with Crippen LogP contribution in [0.15, 0.2) is 30.4 Å². The Bertz CT molecular complexity index is 704. The van der Waals surface area contributed by atoms with E-state index in [0.717, 1.165) is 12.1 Å². The molecule has 0 spiro atoms. The van der Waals surface area contributed by atoms with Gasteiger partial charge in [0.2, 0.25) is 5.78 Å². The van der Waals surface area contributed by atoms with Crippen LogP contribution in [0.5, 0.6) is 0 Å². The zero-order valence-corrected chi connectivity index (χ0v) is 12.5. The monoisotopic (exact) mass is 301 g/mol. The molecule has 0 aliphatic heterocycles. The van der Waals surface area contributed by atoms with E-state index in [1.165, 1.54) is 6.07 Å². The first kappa shape index (κ1) is 17.1. The van der Waals surface area contributed by atoms with Crippen LogP contribution in [0.3, 0.4) is 0 Å². The average molecular weight is 301 g/mol. The molecule has 22 heavy (non-hydrogen) atoms. The molecule has 0 unspecified atom stereocenters. The number of ketones is 1. The van der Waals surface area contributed by atoms with Gasteiger partial charge in [-0.3, -0.25) is 14.9 Å². The second-order valence-electron chi connectivity index (χ2n) is 5.44. The summed E-state index contributed by atoms with van der Waals surface area (Å²) in [5.74, 6) is 0.608. The van der Waals surface area contributed by atoms with Gasteiger partial charge in [0, 0.05) is 23.3 Å². The van der Waals surface area contributed by atoms with Crippen molar-refractivity contribution in [1.82, 2.24) is 0 Å². The molecule has 0 bridgehead atoms. The van der Waals surface area contributed by atoms with Crippen molar-refractivity contribution in [2.24, 2.45) is 0 Å². The van der Waals surface area contributed by atoms with E-state index in [-0.39, 0.29) is 22.4 Å². The van der Waals surface area contributed by atoms with Crippen molar-refractivity contribution >= 4 is 17.4 Å². The Hall–Kier alpha value is -2.94. The zero-order valence-electron chi connectivity index (χ0n) is 12.5. The average Bonchev–Trinajstić information content (AvgIpc) is 2.42. The van der Waals surface area contributed by atoms with E-state index in [2.05, 4.69) is 12.5 Å². The number of nitrogens with zero attached hydrogens (tertiary/aromatic N) is 1. The highest BCUT2D eigenvalue weighted by molar-refractivity contribution is 6.24. The molecule has 1 aromatic carbocycles. The lowest BCUT2D eigenvalue weighted by molar-refractivity contribution is -0.384. The smallest absolute Gasteiger partial charge is 0.342 e. The van der Waals surface area contributed by atoms with Gasteiger partial charge in [-0.25, -0.2) is 4.79 Å². The largest absolute Gasteiger partial charge is 0.456 e. The molecule has 0 heterocycles. The lowest BCUT2D eigenvalue weighted by atomic mass is 9.98. The molecule has 0 saturated heterocycles. The van der Waals surface area contributed by atoms with Crippen LogP contribution in [-0.2, 0) is 9.53 Å². The molecule has 0 aliphatic carbocycles. The number of esters is 1. The van der Waals surface area contributed by atoms with Crippen molar-refractivity contribution in [2.45, 2.75) is 26.4 Å². The molecule has 0 fully saturated rings. The van der Waals surface area contributed by atoms with Gasteiger partial charge in [0.25, 0.3) is 5.69 Å². The summed E-state index contributed by atoms with van der Waals surface area (Å²) in [6.07, 6.45) is 5.26. The van der Waals surface area contributed by atoms with Crippen molar-refractivity contribution in [1.29, 1.82) is 0 Å². The fourth-order valence-electron chi connectivity index (χ4n) is 1.56. The molecule has 1 rings (SSSR count). The normalized spacial score (nSPS) is 10.5. The first-order chi connectivity index (χ1) is 10.1. The van der Waals surface area contributed by atoms with Gasteiger partial charge in [0.1, 0.15) is 11.2 Å². The summed E-state index contributed by atoms with van der Waals surface area (Å²) in [6.45, 7) is 8.38. The molecule has 0 aliphatic rings. The van der Waals surface area contributed by atoms with Gasteiger partial charge in [-0.05, 0) is 26.8 Å². The molecule has 6 heteroatoms. The van der Waals surface area contributed by atoms with Gasteiger partial charge in [0.05, 0.1) is 4.92 Å². The number of ether oxygens (including phenoxy) is 1. The van der Waals surface area contributed by atoms with Gasteiger partial charge in [0.15, 0.2) is 0 Å². The Balaban J connectivity index is 3.13. The molecule has 0 radical (unpaired) electrons. The minimum atomic E-state index is -0.862. The van der Waals surface area contributed by atoms with Gasteiger partial charge in [-0.1, -0.05) is 12.5 Å². The Morgan fingerprint density at radius 3 is 2.41 bits per heavy atom. The number of hydrogen-bond donors (Lipinski definition) is 0. The summed E-state index contributed by atoms with van der Waals surface area (Å²) in [6, 6.07) is 3.43. The van der Waals surface area contributed by atoms with Gasteiger partial charge in [-0.15, -0.1) is 6.42 Å². The third kappa shape index (κ3) is 4.03. The number of nitro groups is 1. The maximum absolute atomic E-state index is 12.3. The molecule has 114 valence electrons. The van der Waals surface area contributed by atoms with Crippen molar-refractivity contribution in [3.63, 3.8) is 0 Å². The van der Waals surface area contributed by atoms with Crippen molar-refractivity contribution in [3.05, 3.63) is 51.6 Å². The van der Waals surface area contributed by atoms with Crippen LogP contribution in [0.1, 0.15) is 36.7 Å². The van der Waals surface area contributed by atoms with E-state index < -0.39 is 22.3 Å². The van der Waals surface area contributed by atoms with E-state index in [1.807, 2.05) is 0 Å². The fraction of sp³-hybridized carbons (Fsp3) is 0.250. The summed E-state index contributed by atoms with van der Waals surface area (Å²) in [7, 11) is 0. The first-order valence-corrected chi connectivity index (χ1v) is 6.29. The van der Waals surface area contributed by atoms with E-state index in [4.69, 9.17) is 11.2 Å². The van der Waals surface area contributed by atoms with Crippen molar-refractivity contribution < 1.29 is 19.2 Å². The maximum Gasteiger partial charge on any atom is 0.342 e. The third-order valence-electron chi connectivity index (χ3n) is 2.53. The highest BCUT2D eigenvalue weighted by Gasteiger charge is 2.25. The minimum Gasteiger partial charge on any atom is -0.456 e. The number of terminal acetylenes is 1. The quantitative estimate of drug-likeness (QED) is 0.125. The van der Waals surface area contributed by atoms with E-state index in [0.29, 0.717) is 0 Å². The molecular formula is C16H15NO5. The maximum atomic E-state index is 12.3. The standard InChI is InChI=1S/C16H15NO5/c1-6-11-9-12(17(20)21)7-8-13(11)14(18)10(2)15(19)22-16(3,4)5/h1,7-9H,2H2,3-5H3. The molecule has 0 atom stereocenters. The highest BCUT2D eigenvalue weighted by Crippen LogP contribution is 2.21. The Morgan fingerprint density at radius 2 is 1.95 bits per heavy atom. The van der Waals surface area contributed by atoms with Crippen molar-refractivity contribution in [3.8, 4) is 12.3 Å². The number of carbonyl (C=O) groups excluding carboxylic acids is 2. The molecule has 6 nitrogen and oxygen atoms in total.